The van der Waals surface area contributed by atoms with Gasteiger partial charge >= 0.3 is 0 Å². The summed E-state index contributed by atoms with van der Waals surface area (Å²) in [5.41, 5.74) is 0.789. The van der Waals surface area contributed by atoms with Crippen molar-refractivity contribution in [3.05, 3.63) is 29.8 Å². The van der Waals surface area contributed by atoms with E-state index in [1.54, 1.807) is 19.2 Å². The van der Waals surface area contributed by atoms with Crippen LogP contribution in [0.2, 0.25) is 0 Å². The highest BCUT2D eigenvalue weighted by Crippen LogP contribution is 2.23. The number of piperidine rings is 1. The van der Waals surface area contributed by atoms with Gasteiger partial charge in [0.25, 0.3) is 0 Å². The molecular formula is C18H33NO3S. The summed E-state index contributed by atoms with van der Waals surface area (Å²) in [4.78, 5) is 0.404. The second-order valence-corrected chi connectivity index (χ2v) is 7.24. The molecule has 1 aliphatic rings. The Kier molecular flexibility index (Phi) is 11.1. The first-order valence-electron chi connectivity index (χ1n) is 8.55. The molecule has 23 heavy (non-hydrogen) atoms. The second kappa shape index (κ2) is 11.6. The number of nitrogens with zero attached hydrogens (tertiary/aromatic N) is 1. The van der Waals surface area contributed by atoms with E-state index in [1.165, 1.54) is 10.7 Å². The number of aryl methyl sites for hydroxylation is 1. The van der Waals surface area contributed by atoms with Gasteiger partial charge in [0.15, 0.2) is 0 Å². The van der Waals surface area contributed by atoms with E-state index in [2.05, 4.69) is 13.8 Å². The normalized spacial score (nSPS) is 18.3. The zero-order chi connectivity index (χ0) is 17.9. The standard InChI is InChI=1S/C13H19NO3S.C3H8.C2H6/c1-11-6-3-4-8-13(11)18(15,16)14-9-5-7-12(10-14)17-2;1-3-2;1-2/h3-4,6,8,12H,5,7,9-10H2,1-2H3;3H2,1-2H3;1-2H3. The van der Waals surface area contributed by atoms with Crippen molar-refractivity contribution in [2.24, 2.45) is 0 Å². The van der Waals surface area contributed by atoms with Gasteiger partial charge in [-0.15, -0.1) is 0 Å². The first kappa shape index (κ1) is 22.1. The number of sulfonamides is 1. The van der Waals surface area contributed by atoms with Gasteiger partial charge in [-0.05, 0) is 31.4 Å². The summed E-state index contributed by atoms with van der Waals surface area (Å²) in [5.74, 6) is 0. The summed E-state index contributed by atoms with van der Waals surface area (Å²) in [7, 11) is -1.75. The monoisotopic (exact) mass is 343 g/mol. The number of benzene rings is 1. The van der Waals surface area contributed by atoms with Gasteiger partial charge in [0, 0.05) is 20.2 Å². The SMILES string of the molecule is CC.CCC.COC1CCCN(S(=O)(=O)c2ccccc2C)C1. The van der Waals surface area contributed by atoms with Crippen molar-refractivity contribution in [1.82, 2.24) is 4.31 Å². The molecule has 0 N–H and O–H groups in total. The minimum atomic E-state index is -3.38. The van der Waals surface area contributed by atoms with Crippen LogP contribution >= 0.6 is 0 Å². The van der Waals surface area contributed by atoms with E-state index in [-0.39, 0.29) is 6.10 Å². The van der Waals surface area contributed by atoms with E-state index in [4.69, 9.17) is 4.74 Å². The summed E-state index contributed by atoms with van der Waals surface area (Å²) < 4.78 is 31.9. The Balaban J connectivity index is 0.000000868. The lowest BCUT2D eigenvalue weighted by Crippen LogP contribution is -2.42. The molecule has 2 rings (SSSR count). The predicted octanol–water partition coefficient (Wildman–Crippen LogP) is 4.24. The van der Waals surface area contributed by atoms with Gasteiger partial charge in [0.05, 0.1) is 11.0 Å². The minimum absolute atomic E-state index is 0.0116. The van der Waals surface area contributed by atoms with Crippen LogP contribution in [0.25, 0.3) is 0 Å². The fourth-order valence-electron chi connectivity index (χ4n) is 2.30. The molecule has 1 aromatic rings. The first-order valence-corrected chi connectivity index (χ1v) is 9.99. The zero-order valence-electron chi connectivity index (χ0n) is 15.5. The van der Waals surface area contributed by atoms with Crippen LogP contribution in [0.1, 0.15) is 52.5 Å². The third-order valence-corrected chi connectivity index (χ3v) is 5.41. The second-order valence-electron chi connectivity index (χ2n) is 5.34. The molecule has 5 heteroatoms. The van der Waals surface area contributed by atoms with Crippen LogP contribution in [-0.4, -0.2) is 39.0 Å². The van der Waals surface area contributed by atoms with Crippen molar-refractivity contribution in [1.29, 1.82) is 0 Å². The van der Waals surface area contributed by atoms with E-state index in [0.717, 1.165) is 18.4 Å². The fraction of sp³-hybridized carbons (Fsp3) is 0.667. The highest BCUT2D eigenvalue weighted by atomic mass is 32.2. The average molecular weight is 344 g/mol. The maximum atomic E-state index is 12.5. The number of hydrogen-bond donors (Lipinski definition) is 0. The average Bonchev–Trinajstić information content (AvgIpc) is 2.57. The van der Waals surface area contributed by atoms with E-state index in [9.17, 15) is 8.42 Å². The van der Waals surface area contributed by atoms with Crippen LogP contribution < -0.4 is 0 Å². The van der Waals surface area contributed by atoms with Crippen LogP contribution in [0.15, 0.2) is 29.2 Å². The number of ether oxygens (including phenoxy) is 1. The largest absolute Gasteiger partial charge is 0.380 e. The lowest BCUT2D eigenvalue weighted by Gasteiger charge is -2.31. The molecule has 1 aromatic carbocycles. The summed E-state index contributed by atoms with van der Waals surface area (Å²) in [6.45, 7) is 11.1. The Morgan fingerprint density at radius 1 is 1.22 bits per heavy atom. The van der Waals surface area contributed by atoms with E-state index in [0.29, 0.717) is 18.0 Å². The lowest BCUT2D eigenvalue weighted by molar-refractivity contribution is 0.0572. The minimum Gasteiger partial charge on any atom is -0.380 e. The Hall–Kier alpha value is -0.910. The maximum Gasteiger partial charge on any atom is 0.243 e. The van der Waals surface area contributed by atoms with Crippen LogP contribution in [0, 0.1) is 6.92 Å². The maximum absolute atomic E-state index is 12.5. The predicted molar refractivity (Wildman–Crippen MR) is 97.3 cm³/mol. The van der Waals surface area contributed by atoms with Crippen molar-refractivity contribution >= 4 is 10.0 Å². The third kappa shape index (κ3) is 6.61. The quantitative estimate of drug-likeness (QED) is 0.825. The molecule has 0 spiro atoms. The van der Waals surface area contributed by atoms with Crippen molar-refractivity contribution in [2.75, 3.05) is 20.2 Å². The lowest BCUT2D eigenvalue weighted by atomic mass is 10.1. The Bertz CT molecular complexity index is 529. The molecule has 0 bridgehead atoms. The van der Waals surface area contributed by atoms with Gasteiger partial charge in [-0.25, -0.2) is 8.42 Å². The van der Waals surface area contributed by atoms with Crippen molar-refractivity contribution in [2.45, 2.75) is 64.9 Å². The van der Waals surface area contributed by atoms with Crippen LogP contribution in [0.5, 0.6) is 0 Å². The van der Waals surface area contributed by atoms with Gasteiger partial charge in [0.2, 0.25) is 10.0 Å². The number of hydrogen-bond acceptors (Lipinski definition) is 3. The molecule has 1 unspecified atom stereocenters. The highest BCUT2D eigenvalue weighted by molar-refractivity contribution is 7.89. The van der Waals surface area contributed by atoms with Crippen LogP contribution in [0.3, 0.4) is 0 Å². The van der Waals surface area contributed by atoms with Crippen molar-refractivity contribution < 1.29 is 13.2 Å². The van der Waals surface area contributed by atoms with Crippen LogP contribution in [-0.2, 0) is 14.8 Å². The molecule has 0 radical (unpaired) electrons. The number of rotatable bonds is 3. The molecule has 0 aromatic heterocycles. The topological polar surface area (TPSA) is 46.6 Å². The van der Waals surface area contributed by atoms with Gasteiger partial charge in [-0.3, -0.25) is 0 Å². The van der Waals surface area contributed by atoms with Gasteiger partial charge in [-0.1, -0.05) is 52.3 Å². The Morgan fingerprint density at radius 2 is 1.78 bits per heavy atom. The van der Waals surface area contributed by atoms with E-state index in [1.807, 2.05) is 32.9 Å². The summed E-state index contributed by atoms with van der Waals surface area (Å²) in [5, 5.41) is 0. The molecule has 1 fully saturated rings. The summed E-state index contributed by atoms with van der Waals surface area (Å²) in [6, 6.07) is 7.10. The molecule has 1 aliphatic heterocycles. The Morgan fingerprint density at radius 3 is 2.30 bits per heavy atom. The van der Waals surface area contributed by atoms with E-state index < -0.39 is 10.0 Å². The van der Waals surface area contributed by atoms with Crippen LogP contribution in [0.4, 0.5) is 0 Å². The molecule has 0 saturated carbocycles. The molecule has 0 amide bonds. The molecular weight excluding hydrogens is 310 g/mol. The fourth-order valence-corrected chi connectivity index (χ4v) is 4.04. The summed E-state index contributed by atoms with van der Waals surface area (Å²) in [6.07, 6.45) is 3.04. The molecule has 0 aliphatic carbocycles. The van der Waals surface area contributed by atoms with Gasteiger partial charge < -0.3 is 4.74 Å². The first-order chi connectivity index (χ1) is 11.0. The van der Waals surface area contributed by atoms with Gasteiger partial charge in [-0.2, -0.15) is 4.31 Å². The molecule has 1 heterocycles. The summed E-state index contributed by atoms with van der Waals surface area (Å²) >= 11 is 0. The van der Waals surface area contributed by atoms with Gasteiger partial charge in [0.1, 0.15) is 0 Å². The molecule has 1 saturated heterocycles. The zero-order valence-corrected chi connectivity index (χ0v) is 16.3. The highest BCUT2D eigenvalue weighted by Gasteiger charge is 2.30. The molecule has 1 atom stereocenters. The number of methoxy groups -OCH3 is 1. The molecule has 134 valence electrons. The Labute approximate surface area is 142 Å². The molecule has 4 nitrogen and oxygen atoms in total. The van der Waals surface area contributed by atoms with Crippen molar-refractivity contribution in [3.8, 4) is 0 Å². The van der Waals surface area contributed by atoms with Crippen molar-refractivity contribution in [3.63, 3.8) is 0 Å². The third-order valence-electron chi connectivity index (χ3n) is 3.39. The van der Waals surface area contributed by atoms with E-state index >= 15 is 0 Å². The smallest absolute Gasteiger partial charge is 0.243 e.